The number of hydrogen-bond acceptors (Lipinski definition) is 7. The van der Waals surface area contributed by atoms with Crippen LogP contribution in [-0.2, 0) is 4.79 Å². The van der Waals surface area contributed by atoms with E-state index in [4.69, 9.17) is 28.4 Å². The van der Waals surface area contributed by atoms with Crippen molar-refractivity contribution in [3.8, 4) is 34.5 Å². The maximum Gasteiger partial charge on any atom is 0.139 e. The van der Waals surface area contributed by atoms with Gasteiger partial charge in [0, 0.05) is 49.2 Å². The van der Waals surface area contributed by atoms with Crippen molar-refractivity contribution in [1.29, 1.82) is 0 Å². The van der Waals surface area contributed by atoms with Crippen LogP contribution in [0, 0.1) is 0 Å². The van der Waals surface area contributed by atoms with E-state index in [0.717, 1.165) is 0 Å². The first-order chi connectivity index (χ1) is 13.6. The molecule has 7 heteroatoms. The molecule has 0 aliphatic carbocycles. The zero-order valence-corrected chi connectivity index (χ0v) is 16.7. The van der Waals surface area contributed by atoms with Crippen molar-refractivity contribution >= 4 is 5.78 Å². The zero-order valence-electron chi connectivity index (χ0n) is 16.7. The summed E-state index contributed by atoms with van der Waals surface area (Å²) in [7, 11) is 6.28. The van der Waals surface area contributed by atoms with Crippen LogP contribution in [0.1, 0.15) is 12.8 Å². The van der Waals surface area contributed by atoms with E-state index < -0.39 is 0 Å². The van der Waals surface area contributed by atoms with Gasteiger partial charge in [0.25, 0.3) is 0 Å². The highest BCUT2D eigenvalue weighted by molar-refractivity contribution is 5.78. The molecule has 7 nitrogen and oxygen atoms in total. The van der Waals surface area contributed by atoms with Gasteiger partial charge in [-0.05, 0) is 0 Å². The van der Waals surface area contributed by atoms with E-state index in [9.17, 15) is 4.79 Å². The van der Waals surface area contributed by atoms with Gasteiger partial charge < -0.3 is 28.4 Å². The zero-order chi connectivity index (χ0) is 20.4. The molecule has 2 aromatic carbocycles. The molecule has 0 saturated carbocycles. The standard InChI is InChI=1S/C21H26O7/c1-23-16-9-17(24-2)12-20(11-16)27-7-5-15(22)6-8-28-21-13-18(25-3)10-19(14-21)26-4/h9-14H,5-8H2,1-4H3. The predicted octanol–water partition coefficient (Wildman–Crippen LogP) is 3.53. The molecule has 0 aromatic heterocycles. The smallest absolute Gasteiger partial charge is 0.139 e. The van der Waals surface area contributed by atoms with Crippen LogP contribution in [0.5, 0.6) is 34.5 Å². The number of benzene rings is 2. The molecule has 0 unspecified atom stereocenters. The number of hydrogen-bond donors (Lipinski definition) is 0. The highest BCUT2D eigenvalue weighted by Gasteiger charge is 2.07. The van der Waals surface area contributed by atoms with Crippen molar-refractivity contribution in [3.05, 3.63) is 36.4 Å². The predicted molar refractivity (Wildman–Crippen MR) is 104 cm³/mol. The third-order valence-corrected chi connectivity index (χ3v) is 3.95. The van der Waals surface area contributed by atoms with Crippen LogP contribution >= 0.6 is 0 Å². The molecule has 0 amide bonds. The van der Waals surface area contributed by atoms with Crippen molar-refractivity contribution in [2.45, 2.75) is 12.8 Å². The lowest BCUT2D eigenvalue weighted by Crippen LogP contribution is -2.10. The van der Waals surface area contributed by atoms with Gasteiger partial charge in [0.2, 0.25) is 0 Å². The molecule has 0 atom stereocenters. The summed E-state index contributed by atoms with van der Waals surface area (Å²) in [6.45, 7) is 0.532. The molecule has 0 aliphatic rings. The average molecular weight is 390 g/mol. The normalized spacial score (nSPS) is 10.1. The van der Waals surface area contributed by atoms with Crippen LogP contribution in [0.4, 0.5) is 0 Å². The summed E-state index contributed by atoms with van der Waals surface area (Å²) in [6.07, 6.45) is 0.564. The Hall–Kier alpha value is -3.09. The lowest BCUT2D eigenvalue weighted by molar-refractivity contribution is -0.120. The Bertz CT molecular complexity index is 665. The SMILES string of the molecule is COc1cc(OC)cc(OCCC(=O)CCOc2cc(OC)cc(OC)c2)c1. The topological polar surface area (TPSA) is 72.5 Å². The maximum absolute atomic E-state index is 12.1. The van der Waals surface area contributed by atoms with E-state index in [0.29, 0.717) is 34.5 Å². The molecule has 152 valence electrons. The van der Waals surface area contributed by atoms with Gasteiger partial charge in [-0.15, -0.1) is 0 Å². The molecule has 0 fully saturated rings. The van der Waals surface area contributed by atoms with E-state index in [-0.39, 0.29) is 31.8 Å². The molecule has 2 rings (SSSR count). The molecular formula is C21H26O7. The molecule has 0 heterocycles. The number of Topliss-reactive ketones (excluding diaryl/α,β-unsaturated/α-hetero) is 1. The number of methoxy groups -OCH3 is 4. The Labute approximate surface area is 165 Å². The minimum absolute atomic E-state index is 0.0460. The number of carbonyl (C=O) groups is 1. The number of rotatable bonds is 12. The van der Waals surface area contributed by atoms with Crippen molar-refractivity contribution in [3.63, 3.8) is 0 Å². The van der Waals surface area contributed by atoms with Crippen LogP contribution in [0.15, 0.2) is 36.4 Å². The first kappa shape index (κ1) is 21.2. The van der Waals surface area contributed by atoms with Crippen molar-refractivity contribution in [1.82, 2.24) is 0 Å². The van der Waals surface area contributed by atoms with Gasteiger partial charge in [-0.25, -0.2) is 0 Å². The van der Waals surface area contributed by atoms with Crippen LogP contribution in [0.2, 0.25) is 0 Å². The monoisotopic (exact) mass is 390 g/mol. The van der Waals surface area contributed by atoms with Crippen molar-refractivity contribution in [2.75, 3.05) is 41.7 Å². The van der Waals surface area contributed by atoms with E-state index >= 15 is 0 Å². The second-order valence-electron chi connectivity index (χ2n) is 5.83. The Kier molecular flexibility index (Phi) is 8.27. The first-order valence-corrected chi connectivity index (χ1v) is 8.81. The van der Waals surface area contributed by atoms with Gasteiger partial charge in [-0.3, -0.25) is 4.79 Å². The molecule has 0 spiro atoms. The molecule has 28 heavy (non-hydrogen) atoms. The Morgan fingerprint density at radius 2 is 0.857 bits per heavy atom. The van der Waals surface area contributed by atoms with Crippen molar-refractivity contribution in [2.24, 2.45) is 0 Å². The summed E-state index contributed by atoms with van der Waals surface area (Å²) < 4.78 is 32.0. The van der Waals surface area contributed by atoms with Crippen molar-refractivity contribution < 1.29 is 33.2 Å². The summed E-state index contributed by atoms with van der Waals surface area (Å²) in [5, 5.41) is 0. The second kappa shape index (κ2) is 10.9. The molecule has 0 N–H and O–H groups in total. The summed E-state index contributed by atoms with van der Waals surface area (Å²) in [5.74, 6) is 3.73. The molecule has 0 radical (unpaired) electrons. The summed E-state index contributed by atoms with van der Waals surface area (Å²) >= 11 is 0. The fourth-order valence-electron chi connectivity index (χ4n) is 2.42. The maximum atomic E-state index is 12.1. The third-order valence-electron chi connectivity index (χ3n) is 3.95. The van der Waals surface area contributed by atoms with Crippen LogP contribution in [0.25, 0.3) is 0 Å². The summed E-state index contributed by atoms with van der Waals surface area (Å²) in [6, 6.07) is 10.5. The molecule has 0 saturated heterocycles. The molecule has 2 aromatic rings. The second-order valence-corrected chi connectivity index (χ2v) is 5.83. The van der Waals surface area contributed by atoms with E-state index in [1.807, 2.05) is 0 Å². The van der Waals surface area contributed by atoms with Crippen LogP contribution in [0.3, 0.4) is 0 Å². The highest BCUT2D eigenvalue weighted by Crippen LogP contribution is 2.28. The minimum atomic E-state index is 0.0460. The molecule has 0 bridgehead atoms. The fraction of sp³-hybridized carbons (Fsp3) is 0.381. The van der Waals surface area contributed by atoms with Crippen LogP contribution in [-0.4, -0.2) is 47.4 Å². The van der Waals surface area contributed by atoms with Crippen LogP contribution < -0.4 is 28.4 Å². The summed E-state index contributed by atoms with van der Waals surface area (Å²) in [5.41, 5.74) is 0. The van der Waals surface area contributed by atoms with Gasteiger partial charge in [-0.1, -0.05) is 0 Å². The Balaban J connectivity index is 1.76. The largest absolute Gasteiger partial charge is 0.496 e. The van der Waals surface area contributed by atoms with Gasteiger partial charge >= 0.3 is 0 Å². The number of ether oxygens (including phenoxy) is 6. The summed E-state index contributed by atoms with van der Waals surface area (Å²) in [4.78, 5) is 12.1. The highest BCUT2D eigenvalue weighted by atomic mass is 16.5. The fourth-order valence-corrected chi connectivity index (χ4v) is 2.42. The lowest BCUT2D eigenvalue weighted by Gasteiger charge is -2.11. The molecular weight excluding hydrogens is 364 g/mol. The van der Waals surface area contributed by atoms with E-state index in [2.05, 4.69) is 0 Å². The lowest BCUT2D eigenvalue weighted by atomic mass is 10.2. The number of ketones is 1. The third kappa shape index (κ3) is 6.57. The van der Waals surface area contributed by atoms with Gasteiger partial charge in [0.1, 0.15) is 40.3 Å². The quantitative estimate of drug-likeness (QED) is 0.549. The molecule has 0 aliphatic heterocycles. The van der Waals surface area contributed by atoms with E-state index in [1.165, 1.54) is 0 Å². The minimum Gasteiger partial charge on any atom is -0.496 e. The van der Waals surface area contributed by atoms with E-state index in [1.54, 1.807) is 64.8 Å². The Morgan fingerprint density at radius 3 is 1.14 bits per heavy atom. The van der Waals surface area contributed by atoms with Gasteiger partial charge in [0.05, 0.1) is 41.7 Å². The average Bonchev–Trinajstić information content (AvgIpc) is 2.73. The first-order valence-electron chi connectivity index (χ1n) is 8.81. The van der Waals surface area contributed by atoms with Gasteiger partial charge in [-0.2, -0.15) is 0 Å². The number of carbonyl (C=O) groups excluding carboxylic acids is 1. The van der Waals surface area contributed by atoms with Gasteiger partial charge in [0.15, 0.2) is 0 Å². The Morgan fingerprint density at radius 1 is 0.571 bits per heavy atom.